The smallest absolute Gasteiger partial charge is 0.306 e. The lowest BCUT2D eigenvalue weighted by Gasteiger charge is -2.19. The molecule has 30 heavy (non-hydrogen) atoms. The number of carbonyl (C=O) groups is 1. The summed E-state index contributed by atoms with van der Waals surface area (Å²) >= 11 is 0. The van der Waals surface area contributed by atoms with E-state index in [-0.39, 0.29) is 18.2 Å². The molecule has 164 valence electrons. The molecule has 0 spiro atoms. The average Bonchev–Trinajstić information content (AvgIpc) is 2.78. The molecule has 0 heterocycles. The molecular formula is C27H38O3. The van der Waals surface area contributed by atoms with Crippen LogP contribution in [0, 0.1) is 0 Å². The fraction of sp³-hybridized carbons (Fsp3) is 0.519. The Balaban J connectivity index is 1.77. The standard InChI is InChI=1S/C27H38O3/c1-3-4-5-6-7-14-19-26(29-22-24-15-10-8-11-16-24)20-21-27(28)30-23(2)25-17-12-9-13-18-25/h8-13,15-18,23,26H,3-7,14,19-22H2,1-2H3. The van der Waals surface area contributed by atoms with Crippen LogP contribution < -0.4 is 0 Å². The predicted octanol–water partition coefficient (Wildman–Crippen LogP) is 7.41. The van der Waals surface area contributed by atoms with Crippen molar-refractivity contribution in [3.05, 3.63) is 71.8 Å². The van der Waals surface area contributed by atoms with Gasteiger partial charge in [0.25, 0.3) is 0 Å². The van der Waals surface area contributed by atoms with Gasteiger partial charge in [-0.2, -0.15) is 0 Å². The third kappa shape index (κ3) is 10.1. The highest BCUT2D eigenvalue weighted by atomic mass is 16.5. The molecule has 3 nitrogen and oxygen atoms in total. The first-order valence-electron chi connectivity index (χ1n) is 11.6. The van der Waals surface area contributed by atoms with Gasteiger partial charge < -0.3 is 9.47 Å². The summed E-state index contributed by atoms with van der Waals surface area (Å²) in [5, 5.41) is 0. The third-order valence-electron chi connectivity index (χ3n) is 5.46. The van der Waals surface area contributed by atoms with Crippen LogP contribution in [-0.2, 0) is 20.9 Å². The molecule has 2 unspecified atom stereocenters. The lowest BCUT2D eigenvalue weighted by Crippen LogP contribution is -2.17. The largest absolute Gasteiger partial charge is 0.458 e. The third-order valence-corrected chi connectivity index (χ3v) is 5.46. The summed E-state index contributed by atoms with van der Waals surface area (Å²) in [7, 11) is 0. The van der Waals surface area contributed by atoms with E-state index >= 15 is 0 Å². The lowest BCUT2D eigenvalue weighted by molar-refractivity contribution is -0.149. The SMILES string of the molecule is CCCCCCCCC(CCC(=O)OC(C)c1ccccc1)OCc1ccccc1. The van der Waals surface area contributed by atoms with Gasteiger partial charge in [0.15, 0.2) is 0 Å². The zero-order valence-electron chi connectivity index (χ0n) is 18.7. The Hall–Kier alpha value is -2.13. The number of rotatable bonds is 15. The molecule has 0 radical (unpaired) electrons. The van der Waals surface area contributed by atoms with Crippen molar-refractivity contribution in [1.82, 2.24) is 0 Å². The van der Waals surface area contributed by atoms with E-state index in [4.69, 9.17) is 9.47 Å². The van der Waals surface area contributed by atoms with E-state index in [0.29, 0.717) is 19.4 Å². The number of unbranched alkanes of at least 4 members (excludes halogenated alkanes) is 5. The first-order valence-corrected chi connectivity index (χ1v) is 11.6. The molecule has 0 aliphatic rings. The Morgan fingerprint density at radius 3 is 2.17 bits per heavy atom. The van der Waals surface area contributed by atoms with Crippen molar-refractivity contribution >= 4 is 5.97 Å². The minimum Gasteiger partial charge on any atom is -0.458 e. The van der Waals surface area contributed by atoms with E-state index < -0.39 is 0 Å². The number of hydrogen-bond acceptors (Lipinski definition) is 3. The summed E-state index contributed by atoms with van der Waals surface area (Å²) in [5.41, 5.74) is 2.19. The van der Waals surface area contributed by atoms with Crippen LogP contribution in [0.4, 0.5) is 0 Å². The molecule has 0 aliphatic heterocycles. The molecular weight excluding hydrogens is 372 g/mol. The first kappa shape index (κ1) is 24.1. The number of carbonyl (C=O) groups excluding carboxylic acids is 1. The second kappa shape index (κ2) is 14.8. The fourth-order valence-electron chi connectivity index (χ4n) is 3.58. The summed E-state index contributed by atoms with van der Waals surface area (Å²) in [6.45, 7) is 4.76. The maximum atomic E-state index is 12.4. The minimum atomic E-state index is -0.221. The molecule has 0 aromatic heterocycles. The Labute approximate surface area is 182 Å². The Morgan fingerprint density at radius 2 is 1.47 bits per heavy atom. The van der Waals surface area contributed by atoms with Crippen LogP contribution in [0.2, 0.25) is 0 Å². The van der Waals surface area contributed by atoms with E-state index in [1.807, 2.05) is 55.5 Å². The van der Waals surface area contributed by atoms with Gasteiger partial charge in [-0.15, -0.1) is 0 Å². The van der Waals surface area contributed by atoms with Crippen LogP contribution in [0.3, 0.4) is 0 Å². The summed E-state index contributed by atoms with van der Waals surface area (Å²) < 4.78 is 11.8. The summed E-state index contributed by atoms with van der Waals surface area (Å²) in [6, 6.07) is 20.1. The second-order valence-corrected chi connectivity index (χ2v) is 8.06. The van der Waals surface area contributed by atoms with Crippen molar-refractivity contribution < 1.29 is 14.3 Å². The quantitative estimate of drug-likeness (QED) is 0.226. The van der Waals surface area contributed by atoms with Crippen molar-refractivity contribution in [2.24, 2.45) is 0 Å². The highest BCUT2D eigenvalue weighted by molar-refractivity contribution is 5.69. The van der Waals surface area contributed by atoms with E-state index in [0.717, 1.165) is 18.4 Å². The normalized spacial score (nSPS) is 13.0. The number of esters is 1. The van der Waals surface area contributed by atoms with Crippen LogP contribution in [0.5, 0.6) is 0 Å². The zero-order chi connectivity index (χ0) is 21.4. The lowest BCUT2D eigenvalue weighted by atomic mass is 10.0. The highest BCUT2D eigenvalue weighted by Crippen LogP contribution is 2.20. The molecule has 0 aliphatic carbocycles. The molecule has 0 saturated carbocycles. The van der Waals surface area contributed by atoms with Crippen LogP contribution in [0.15, 0.2) is 60.7 Å². The zero-order valence-corrected chi connectivity index (χ0v) is 18.7. The van der Waals surface area contributed by atoms with E-state index in [2.05, 4.69) is 19.1 Å². The van der Waals surface area contributed by atoms with Crippen LogP contribution >= 0.6 is 0 Å². The van der Waals surface area contributed by atoms with Crippen LogP contribution in [0.25, 0.3) is 0 Å². The molecule has 0 bridgehead atoms. The molecule has 3 heteroatoms. The monoisotopic (exact) mass is 410 g/mol. The van der Waals surface area contributed by atoms with Crippen molar-refractivity contribution in [1.29, 1.82) is 0 Å². The Kier molecular flexibility index (Phi) is 11.9. The van der Waals surface area contributed by atoms with Gasteiger partial charge in [-0.25, -0.2) is 0 Å². The van der Waals surface area contributed by atoms with Gasteiger partial charge >= 0.3 is 5.97 Å². The fourth-order valence-corrected chi connectivity index (χ4v) is 3.58. The van der Waals surface area contributed by atoms with Crippen LogP contribution in [0.1, 0.15) is 88.9 Å². The van der Waals surface area contributed by atoms with Crippen molar-refractivity contribution in [2.75, 3.05) is 0 Å². The van der Waals surface area contributed by atoms with Crippen LogP contribution in [-0.4, -0.2) is 12.1 Å². The molecule has 0 amide bonds. The molecule has 0 N–H and O–H groups in total. The highest BCUT2D eigenvalue weighted by Gasteiger charge is 2.16. The maximum Gasteiger partial charge on any atom is 0.306 e. The average molecular weight is 411 g/mol. The Morgan fingerprint density at radius 1 is 0.833 bits per heavy atom. The van der Waals surface area contributed by atoms with Crippen molar-refractivity contribution in [3.63, 3.8) is 0 Å². The molecule has 2 aromatic carbocycles. The number of benzene rings is 2. The molecule has 2 aromatic rings. The van der Waals surface area contributed by atoms with Gasteiger partial charge in [0.1, 0.15) is 6.10 Å². The Bertz CT molecular complexity index is 684. The number of ether oxygens (including phenoxy) is 2. The van der Waals surface area contributed by atoms with Gasteiger partial charge in [-0.05, 0) is 30.9 Å². The molecule has 2 rings (SSSR count). The molecule has 0 fully saturated rings. The summed E-state index contributed by atoms with van der Waals surface area (Å²) in [4.78, 5) is 12.4. The number of hydrogen-bond donors (Lipinski definition) is 0. The van der Waals surface area contributed by atoms with Gasteiger partial charge in [0, 0.05) is 6.42 Å². The summed E-state index contributed by atoms with van der Waals surface area (Å²) in [6.07, 6.45) is 9.56. The molecule has 0 saturated heterocycles. The van der Waals surface area contributed by atoms with Gasteiger partial charge in [0.05, 0.1) is 12.7 Å². The van der Waals surface area contributed by atoms with Gasteiger partial charge in [-0.3, -0.25) is 4.79 Å². The predicted molar refractivity (Wildman–Crippen MR) is 123 cm³/mol. The molecule has 2 atom stereocenters. The van der Waals surface area contributed by atoms with E-state index in [1.165, 1.54) is 37.7 Å². The van der Waals surface area contributed by atoms with Gasteiger partial charge in [0.2, 0.25) is 0 Å². The first-order chi connectivity index (χ1) is 14.7. The maximum absolute atomic E-state index is 12.4. The minimum absolute atomic E-state index is 0.0935. The topological polar surface area (TPSA) is 35.5 Å². The van der Waals surface area contributed by atoms with E-state index in [9.17, 15) is 4.79 Å². The van der Waals surface area contributed by atoms with Crippen molar-refractivity contribution in [2.45, 2.75) is 90.4 Å². The van der Waals surface area contributed by atoms with Crippen molar-refractivity contribution in [3.8, 4) is 0 Å². The second-order valence-electron chi connectivity index (χ2n) is 8.06. The summed E-state index contributed by atoms with van der Waals surface area (Å²) in [5.74, 6) is -0.150. The van der Waals surface area contributed by atoms with Gasteiger partial charge in [-0.1, -0.05) is 106 Å². The van der Waals surface area contributed by atoms with E-state index in [1.54, 1.807) is 0 Å².